The summed E-state index contributed by atoms with van der Waals surface area (Å²) in [4.78, 5) is 16.1. The first-order chi connectivity index (χ1) is 9.66. The molecule has 1 N–H and O–H groups in total. The van der Waals surface area contributed by atoms with Gasteiger partial charge in [-0.25, -0.2) is 0 Å². The molecule has 0 amide bonds. The van der Waals surface area contributed by atoms with Gasteiger partial charge in [0.1, 0.15) is 0 Å². The van der Waals surface area contributed by atoms with Gasteiger partial charge in [-0.3, -0.25) is 4.79 Å². The van der Waals surface area contributed by atoms with Crippen LogP contribution in [0.1, 0.15) is 48.7 Å². The standard InChI is InChI=1S/C17H21NOS/c1-11-16(14-9-5-6-10-15(14)18-11)17(19)12(2)20-13-7-3-4-8-13/h5-6,9-10,12-13,18H,3-4,7-8H2,1-2H3/t12-/m1/s1. The fraction of sp³-hybridized carbons (Fsp3) is 0.471. The Kier molecular flexibility index (Phi) is 3.88. The van der Waals surface area contributed by atoms with Crippen molar-refractivity contribution in [1.82, 2.24) is 4.98 Å². The number of rotatable bonds is 4. The normalized spacial score (nSPS) is 17.7. The molecule has 2 aromatic rings. The van der Waals surface area contributed by atoms with E-state index in [-0.39, 0.29) is 11.0 Å². The van der Waals surface area contributed by atoms with Crippen LogP contribution in [0.25, 0.3) is 10.9 Å². The van der Waals surface area contributed by atoms with E-state index < -0.39 is 0 Å². The fourth-order valence-corrected chi connectivity index (χ4v) is 4.60. The monoisotopic (exact) mass is 287 g/mol. The van der Waals surface area contributed by atoms with Gasteiger partial charge >= 0.3 is 0 Å². The van der Waals surface area contributed by atoms with Crippen LogP contribution >= 0.6 is 11.8 Å². The number of carbonyl (C=O) groups excluding carboxylic acids is 1. The molecule has 20 heavy (non-hydrogen) atoms. The maximum atomic E-state index is 12.8. The van der Waals surface area contributed by atoms with E-state index in [2.05, 4.69) is 11.9 Å². The number of benzene rings is 1. The van der Waals surface area contributed by atoms with Crippen LogP contribution in [0.5, 0.6) is 0 Å². The molecule has 1 fully saturated rings. The van der Waals surface area contributed by atoms with E-state index in [1.54, 1.807) is 0 Å². The minimum absolute atomic E-state index is 0.0519. The number of aryl methyl sites for hydroxylation is 1. The molecule has 1 heterocycles. The molecule has 0 aliphatic heterocycles. The molecule has 3 rings (SSSR count). The lowest BCUT2D eigenvalue weighted by molar-refractivity contribution is 0.0995. The summed E-state index contributed by atoms with van der Waals surface area (Å²) in [6.45, 7) is 4.06. The second kappa shape index (κ2) is 5.65. The molecular weight excluding hydrogens is 266 g/mol. The van der Waals surface area contributed by atoms with Crippen LogP contribution in [-0.2, 0) is 0 Å². The van der Waals surface area contributed by atoms with E-state index in [0.717, 1.165) is 22.2 Å². The Morgan fingerprint density at radius 1 is 1.30 bits per heavy atom. The van der Waals surface area contributed by atoms with E-state index >= 15 is 0 Å². The zero-order valence-corrected chi connectivity index (χ0v) is 12.9. The van der Waals surface area contributed by atoms with E-state index in [1.165, 1.54) is 25.7 Å². The van der Waals surface area contributed by atoms with Crippen LogP contribution in [0.15, 0.2) is 24.3 Å². The van der Waals surface area contributed by atoms with Gasteiger partial charge in [0.15, 0.2) is 5.78 Å². The van der Waals surface area contributed by atoms with Gasteiger partial charge in [0.25, 0.3) is 0 Å². The van der Waals surface area contributed by atoms with E-state index in [1.807, 2.05) is 43.0 Å². The lowest BCUT2D eigenvalue weighted by Crippen LogP contribution is -2.17. The van der Waals surface area contributed by atoms with Crippen molar-refractivity contribution in [1.29, 1.82) is 0 Å². The van der Waals surface area contributed by atoms with Crippen molar-refractivity contribution in [3.8, 4) is 0 Å². The van der Waals surface area contributed by atoms with E-state index in [4.69, 9.17) is 0 Å². The lowest BCUT2D eigenvalue weighted by atomic mass is 10.1. The van der Waals surface area contributed by atoms with Crippen molar-refractivity contribution in [3.05, 3.63) is 35.5 Å². The Balaban J connectivity index is 1.86. The van der Waals surface area contributed by atoms with Crippen LogP contribution in [0.2, 0.25) is 0 Å². The van der Waals surface area contributed by atoms with Gasteiger partial charge in [-0.1, -0.05) is 31.0 Å². The van der Waals surface area contributed by atoms with E-state index in [0.29, 0.717) is 5.25 Å². The average molecular weight is 287 g/mol. The smallest absolute Gasteiger partial charge is 0.177 e. The summed E-state index contributed by atoms with van der Waals surface area (Å²) in [5.41, 5.74) is 2.94. The third kappa shape index (κ3) is 2.51. The molecule has 0 radical (unpaired) electrons. The number of H-pyrrole nitrogens is 1. The summed E-state index contributed by atoms with van der Waals surface area (Å²) in [6.07, 6.45) is 5.19. The van der Waals surface area contributed by atoms with Crippen molar-refractivity contribution in [3.63, 3.8) is 0 Å². The molecule has 1 atom stereocenters. The summed E-state index contributed by atoms with van der Waals surface area (Å²) in [7, 11) is 0. The number of Topliss-reactive ketones (excluding diaryl/α,β-unsaturated/α-hetero) is 1. The number of carbonyl (C=O) groups is 1. The summed E-state index contributed by atoms with van der Waals surface area (Å²) in [5.74, 6) is 0.275. The number of hydrogen-bond donors (Lipinski definition) is 1. The second-order valence-electron chi connectivity index (χ2n) is 5.72. The molecule has 106 valence electrons. The van der Waals surface area contributed by atoms with Crippen molar-refractivity contribution in [2.45, 2.75) is 50.0 Å². The number of thioether (sulfide) groups is 1. The molecule has 1 aliphatic carbocycles. The number of fused-ring (bicyclic) bond motifs is 1. The van der Waals surface area contributed by atoms with Crippen LogP contribution < -0.4 is 0 Å². The Morgan fingerprint density at radius 2 is 2.00 bits per heavy atom. The third-order valence-electron chi connectivity index (χ3n) is 4.21. The first kappa shape index (κ1) is 13.7. The molecule has 0 bridgehead atoms. The fourth-order valence-electron chi connectivity index (χ4n) is 3.17. The Bertz CT molecular complexity index is 625. The van der Waals surface area contributed by atoms with Gasteiger partial charge in [0.2, 0.25) is 0 Å². The second-order valence-corrected chi connectivity index (χ2v) is 7.37. The minimum Gasteiger partial charge on any atom is -0.358 e. The zero-order valence-electron chi connectivity index (χ0n) is 12.1. The SMILES string of the molecule is Cc1[nH]c2ccccc2c1C(=O)[C@@H](C)SC1CCCC1. The Labute approximate surface area is 124 Å². The number of aromatic nitrogens is 1. The van der Waals surface area contributed by atoms with Crippen molar-refractivity contribution in [2.75, 3.05) is 0 Å². The predicted octanol–water partition coefficient (Wildman–Crippen LogP) is 4.72. The number of aromatic amines is 1. The largest absolute Gasteiger partial charge is 0.358 e. The minimum atomic E-state index is 0.0519. The van der Waals surface area contributed by atoms with Crippen LogP contribution in [0.4, 0.5) is 0 Å². The summed E-state index contributed by atoms with van der Waals surface area (Å²) in [5, 5.41) is 1.80. The molecule has 1 aliphatic rings. The van der Waals surface area contributed by atoms with Gasteiger partial charge in [-0.15, -0.1) is 11.8 Å². The number of ketones is 1. The third-order valence-corrected chi connectivity index (χ3v) is 5.69. The number of hydrogen-bond acceptors (Lipinski definition) is 2. The highest BCUT2D eigenvalue weighted by Gasteiger charge is 2.25. The van der Waals surface area contributed by atoms with Crippen LogP contribution in [0, 0.1) is 6.92 Å². The molecule has 1 aromatic carbocycles. The Morgan fingerprint density at radius 3 is 2.75 bits per heavy atom. The maximum absolute atomic E-state index is 12.8. The maximum Gasteiger partial charge on any atom is 0.177 e. The Hall–Kier alpha value is -1.22. The summed E-state index contributed by atoms with van der Waals surface area (Å²) in [6, 6.07) is 8.08. The highest BCUT2D eigenvalue weighted by atomic mass is 32.2. The van der Waals surface area contributed by atoms with E-state index in [9.17, 15) is 4.79 Å². The highest BCUT2D eigenvalue weighted by Crippen LogP contribution is 2.34. The summed E-state index contributed by atoms with van der Waals surface area (Å²) < 4.78 is 0. The molecule has 1 aromatic heterocycles. The van der Waals surface area contributed by atoms with Crippen LogP contribution in [0.3, 0.4) is 0 Å². The predicted molar refractivity (Wildman–Crippen MR) is 86.7 cm³/mol. The van der Waals surface area contributed by atoms with Gasteiger partial charge in [-0.05, 0) is 32.8 Å². The molecule has 1 saturated carbocycles. The first-order valence-corrected chi connectivity index (χ1v) is 8.38. The zero-order chi connectivity index (χ0) is 14.1. The van der Waals surface area contributed by atoms with Crippen molar-refractivity contribution >= 4 is 28.4 Å². The topological polar surface area (TPSA) is 32.9 Å². The molecular formula is C17H21NOS. The van der Waals surface area contributed by atoms with Crippen molar-refractivity contribution in [2.24, 2.45) is 0 Å². The first-order valence-electron chi connectivity index (χ1n) is 7.44. The average Bonchev–Trinajstić information content (AvgIpc) is 3.04. The number of para-hydroxylation sites is 1. The van der Waals surface area contributed by atoms with Gasteiger partial charge in [-0.2, -0.15) is 0 Å². The highest BCUT2D eigenvalue weighted by molar-refractivity contribution is 8.01. The van der Waals surface area contributed by atoms with Crippen LogP contribution in [-0.4, -0.2) is 21.3 Å². The van der Waals surface area contributed by atoms with Gasteiger partial charge < -0.3 is 4.98 Å². The molecule has 0 saturated heterocycles. The number of nitrogens with one attached hydrogen (secondary N) is 1. The quantitative estimate of drug-likeness (QED) is 0.825. The molecule has 2 nitrogen and oxygen atoms in total. The molecule has 0 spiro atoms. The summed E-state index contributed by atoms with van der Waals surface area (Å²) >= 11 is 1.87. The van der Waals surface area contributed by atoms with Crippen molar-refractivity contribution < 1.29 is 4.79 Å². The molecule has 0 unspecified atom stereocenters. The lowest BCUT2D eigenvalue weighted by Gasteiger charge is -2.15. The van der Waals surface area contributed by atoms with Gasteiger partial charge in [0, 0.05) is 27.4 Å². The van der Waals surface area contributed by atoms with Gasteiger partial charge in [0.05, 0.1) is 5.25 Å². The molecule has 3 heteroatoms.